The van der Waals surface area contributed by atoms with Crippen LogP contribution >= 0.6 is 0 Å². The average Bonchev–Trinajstić information content (AvgIpc) is 3.06. The second kappa shape index (κ2) is 9.64. The third-order valence-electron chi connectivity index (χ3n) is 4.63. The van der Waals surface area contributed by atoms with Crippen LogP contribution in [0.4, 0.5) is 0 Å². The maximum Gasteiger partial charge on any atom is 0.111 e. The Bertz CT molecular complexity index is 424. The predicted octanol–water partition coefficient (Wildman–Crippen LogP) is -3.52. The standard InChI is InChI=1S/C15H30N4O6/c20-6-4-2-1-3-5-19-17-8-9(18-19)7-16-10-11(21)13(23)15(25)14(24)12(10)22/h8,10-18,20-25H,1-7H2. The van der Waals surface area contributed by atoms with Crippen molar-refractivity contribution in [1.29, 1.82) is 0 Å². The van der Waals surface area contributed by atoms with Gasteiger partial charge in [-0.25, -0.2) is 0 Å². The van der Waals surface area contributed by atoms with E-state index in [0.717, 1.165) is 37.9 Å². The van der Waals surface area contributed by atoms with E-state index in [4.69, 9.17) is 5.11 Å². The Kier molecular flexibility index (Phi) is 7.84. The number of aliphatic hydroxyl groups is 6. The van der Waals surface area contributed by atoms with Crippen molar-refractivity contribution in [2.24, 2.45) is 0 Å². The minimum absolute atomic E-state index is 0.219. The summed E-state index contributed by atoms with van der Waals surface area (Å²) in [6.07, 6.45) is -1.93. The van der Waals surface area contributed by atoms with Crippen LogP contribution in [0.1, 0.15) is 25.7 Å². The Hall–Kier alpha value is -0.980. The highest BCUT2D eigenvalue weighted by Crippen LogP contribution is 2.21. The van der Waals surface area contributed by atoms with Gasteiger partial charge in [0.15, 0.2) is 0 Å². The summed E-state index contributed by atoms with van der Waals surface area (Å²) in [4.78, 5) is 0. The molecule has 9 N–H and O–H groups in total. The van der Waals surface area contributed by atoms with Crippen LogP contribution in [-0.4, -0.2) is 92.0 Å². The number of nitrogens with zero attached hydrogens (tertiary/aromatic N) is 1. The van der Waals surface area contributed by atoms with E-state index in [2.05, 4.69) is 16.2 Å². The van der Waals surface area contributed by atoms with Gasteiger partial charge in [0.05, 0.1) is 11.7 Å². The molecule has 0 saturated heterocycles. The lowest BCUT2D eigenvalue weighted by atomic mass is 9.83. The van der Waals surface area contributed by atoms with E-state index in [1.54, 1.807) is 11.3 Å². The molecule has 1 saturated carbocycles. The third-order valence-corrected chi connectivity index (χ3v) is 4.63. The first kappa shape index (κ1) is 20.3. The van der Waals surface area contributed by atoms with E-state index in [1.807, 2.05) is 0 Å². The Morgan fingerprint density at radius 2 is 1.48 bits per heavy atom. The number of unbranched alkanes of at least 4 members (excludes halogenated alkanes) is 3. The van der Waals surface area contributed by atoms with E-state index >= 15 is 0 Å². The maximum absolute atomic E-state index is 9.98. The van der Waals surface area contributed by atoms with Crippen LogP contribution in [0.5, 0.6) is 0 Å². The van der Waals surface area contributed by atoms with Crippen molar-refractivity contribution in [2.45, 2.75) is 62.2 Å². The molecule has 0 spiro atoms. The predicted molar refractivity (Wildman–Crippen MR) is 88.4 cm³/mol. The van der Waals surface area contributed by atoms with Crippen LogP contribution in [0, 0.1) is 0 Å². The largest absolute Gasteiger partial charge is 0.396 e. The molecule has 2 aliphatic rings. The SMILES string of the molecule is OCCCCCCN1NC=C(CNC2C(O)C(O)C(O)C(O)C2O)N1. The molecule has 0 radical (unpaired) electrons. The fourth-order valence-corrected chi connectivity index (χ4v) is 3.04. The van der Waals surface area contributed by atoms with Gasteiger partial charge in [0.2, 0.25) is 0 Å². The summed E-state index contributed by atoms with van der Waals surface area (Å²) in [7, 11) is 0. The molecule has 25 heavy (non-hydrogen) atoms. The zero-order chi connectivity index (χ0) is 18.4. The van der Waals surface area contributed by atoms with E-state index in [0.29, 0.717) is 0 Å². The maximum atomic E-state index is 9.98. The molecule has 146 valence electrons. The molecule has 0 aromatic rings. The lowest BCUT2D eigenvalue weighted by molar-refractivity contribution is -0.189. The van der Waals surface area contributed by atoms with Crippen LogP contribution in [0.2, 0.25) is 0 Å². The van der Waals surface area contributed by atoms with Crippen molar-refractivity contribution >= 4 is 0 Å². The number of nitrogens with one attached hydrogen (secondary N) is 3. The van der Waals surface area contributed by atoms with Gasteiger partial charge in [0.1, 0.15) is 30.5 Å². The quantitative estimate of drug-likeness (QED) is 0.188. The first-order valence-electron chi connectivity index (χ1n) is 8.69. The van der Waals surface area contributed by atoms with Gasteiger partial charge in [-0.15, -0.1) is 5.12 Å². The van der Waals surface area contributed by atoms with Gasteiger partial charge in [0, 0.05) is 25.9 Å². The van der Waals surface area contributed by atoms with Gasteiger partial charge in [-0.3, -0.25) is 0 Å². The van der Waals surface area contributed by atoms with Crippen molar-refractivity contribution in [3.63, 3.8) is 0 Å². The molecule has 0 amide bonds. The highest BCUT2D eigenvalue weighted by atomic mass is 16.4. The fraction of sp³-hybridized carbons (Fsp3) is 0.867. The minimum atomic E-state index is -1.59. The van der Waals surface area contributed by atoms with E-state index < -0.39 is 36.6 Å². The van der Waals surface area contributed by atoms with Crippen LogP contribution in [0.25, 0.3) is 0 Å². The monoisotopic (exact) mass is 362 g/mol. The Balaban J connectivity index is 1.71. The summed E-state index contributed by atoms with van der Waals surface area (Å²) in [5.74, 6) is 0. The Morgan fingerprint density at radius 3 is 2.12 bits per heavy atom. The number of hydrazine groups is 2. The molecule has 0 aromatic carbocycles. The summed E-state index contributed by atoms with van der Waals surface area (Å²) in [5.41, 5.74) is 6.92. The normalized spacial score (nSPS) is 36.0. The van der Waals surface area contributed by atoms with Gasteiger partial charge < -0.3 is 46.8 Å². The van der Waals surface area contributed by atoms with E-state index in [9.17, 15) is 25.5 Å². The molecule has 0 bridgehead atoms. The Labute approximate surface area is 146 Å². The molecule has 4 unspecified atom stereocenters. The van der Waals surface area contributed by atoms with Gasteiger partial charge >= 0.3 is 0 Å². The van der Waals surface area contributed by atoms with Crippen LogP contribution < -0.4 is 16.2 Å². The first-order valence-corrected chi connectivity index (χ1v) is 8.69. The van der Waals surface area contributed by atoms with Gasteiger partial charge in [-0.05, 0) is 12.8 Å². The second-order valence-corrected chi connectivity index (χ2v) is 6.56. The molecular formula is C15H30N4O6. The molecule has 1 aliphatic heterocycles. The molecule has 2 rings (SSSR count). The van der Waals surface area contributed by atoms with Crippen LogP contribution in [-0.2, 0) is 0 Å². The number of hydrogen-bond donors (Lipinski definition) is 9. The molecular weight excluding hydrogens is 332 g/mol. The number of rotatable bonds is 9. The molecule has 4 atom stereocenters. The van der Waals surface area contributed by atoms with Gasteiger partial charge in [-0.2, -0.15) is 0 Å². The number of hydrogen-bond acceptors (Lipinski definition) is 10. The molecule has 1 heterocycles. The lowest BCUT2D eigenvalue weighted by Gasteiger charge is -2.42. The summed E-state index contributed by atoms with van der Waals surface area (Å²) in [6.45, 7) is 1.25. The van der Waals surface area contributed by atoms with Crippen LogP contribution in [0.3, 0.4) is 0 Å². The van der Waals surface area contributed by atoms with Crippen molar-refractivity contribution < 1.29 is 30.6 Å². The smallest absolute Gasteiger partial charge is 0.111 e. The van der Waals surface area contributed by atoms with Crippen molar-refractivity contribution in [3.8, 4) is 0 Å². The zero-order valence-electron chi connectivity index (χ0n) is 14.1. The highest BCUT2D eigenvalue weighted by molar-refractivity contribution is 5.07. The highest BCUT2D eigenvalue weighted by Gasteiger charge is 2.48. The van der Waals surface area contributed by atoms with Gasteiger partial charge in [0.25, 0.3) is 0 Å². The van der Waals surface area contributed by atoms with E-state index in [1.165, 1.54) is 0 Å². The van der Waals surface area contributed by atoms with Crippen molar-refractivity contribution in [3.05, 3.63) is 11.9 Å². The molecule has 10 heteroatoms. The average molecular weight is 362 g/mol. The molecule has 1 fully saturated rings. The van der Waals surface area contributed by atoms with Crippen molar-refractivity contribution in [2.75, 3.05) is 19.7 Å². The van der Waals surface area contributed by atoms with Crippen LogP contribution in [0.15, 0.2) is 11.9 Å². The molecule has 1 aliphatic carbocycles. The van der Waals surface area contributed by atoms with Crippen molar-refractivity contribution in [1.82, 2.24) is 21.3 Å². The summed E-state index contributed by atoms with van der Waals surface area (Å²) in [5, 5.41) is 62.4. The summed E-state index contributed by atoms with van der Waals surface area (Å²) >= 11 is 0. The summed E-state index contributed by atoms with van der Waals surface area (Å²) < 4.78 is 0. The molecule has 0 aromatic heterocycles. The molecule has 10 nitrogen and oxygen atoms in total. The van der Waals surface area contributed by atoms with Gasteiger partial charge in [-0.1, -0.05) is 12.8 Å². The third kappa shape index (κ3) is 5.25. The summed E-state index contributed by atoms with van der Waals surface area (Å²) in [6, 6.07) is -0.969. The second-order valence-electron chi connectivity index (χ2n) is 6.56. The fourth-order valence-electron chi connectivity index (χ4n) is 3.04. The lowest BCUT2D eigenvalue weighted by Crippen LogP contribution is -2.67. The zero-order valence-corrected chi connectivity index (χ0v) is 14.1. The topological polar surface area (TPSA) is 161 Å². The number of aliphatic hydroxyl groups excluding tert-OH is 6. The van der Waals surface area contributed by atoms with E-state index in [-0.39, 0.29) is 13.2 Å². The first-order chi connectivity index (χ1) is 12.0. The Morgan fingerprint density at radius 1 is 0.880 bits per heavy atom. The minimum Gasteiger partial charge on any atom is -0.396 e.